The monoisotopic (exact) mass is 569 g/mol. The van der Waals surface area contributed by atoms with Crippen molar-refractivity contribution in [2.75, 3.05) is 12.3 Å². The fourth-order valence-electron chi connectivity index (χ4n) is 4.85. The molecule has 5 rings (SSSR count). The zero-order chi connectivity index (χ0) is 28.1. The molecule has 16 heteroatoms. The van der Waals surface area contributed by atoms with Gasteiger partial charge in [-0.25, -0.2) is 33.1 Å². The quantitative estimate of drug-likeness (QED) is 0.318. The molecule has 210 valence electrons. The smallest absolute Gasteiger partial charge is 0.450 e. The van der Waals surface area contributed by atoms with Gasteiger partial charge in [-0.2, -0.15) is 0 Å². The molecule has 0 saturated carbocycles. The molecule has 2 aliphatic rings. The average molecular weight is 569 g/mol. The number of rotatable bonds is 6. The van der Waals surface area contributed by atoms with Crippen LogP contribution in [-0.2, 0) is 27.6 Å². The number of imidazole rings is 1. The molecule has 2 unspecified atom stereocenters. The Morgan fingerprint density at radius 2 is 2.08 bits per heavy atom. The van der Waals surface area contributed by atoms with Gasteiger partial charge >= 0.3 is 14.0 Å². The van der Waals surface area contributed by atoms with E-state index in [9.17, 15) is 23.2 Å². The Hall–Kier alpha value is -3.23. The zero-order valence-corrected chi connectivity index (χ0v) is 22.0. The number of ether oxygens (including phenoxy) is 2. The SMILES string of the molecule is C[C@H]1[C@H](OC(=O)O)[C@@H](COP2(=O)OC(c3cccc(F)c3F)CC(C)(C)O2)O[C@H]1n1cnc2c(N)ncnc21. The van der Waals surface area contributed by atoms with Crippen LogP contribution in [0, 0.1) is 17.6 Å². The molecule has 2 aromatic heterocycles. The minimum atomic E-state index is -4.38. The highest BCUT2D eigenvalue weighted by Gasteiger charge is 2.50. The number of anilines is 1. The third kappa shape index (κ3) is 5.32. The number of hydrogen-bond acceptors (Lipinski definition) is 11. The predicted molar refractivity (Wildman–Crippen MR) is 129 cm³/mol. The van der Waals surface area contributed by atoms with E-state index in [-0.39, 0.29) is 17.8 Å². The van der Waals surface area contributed by atoms with Crippen LogP contribution in [0.15, 0.2) is 30.9 Å². The molecule has 0 radical (unpaired) electrons. The van der Waals surface area contributed by atoms with Crippen molar-refractivity contribution in [3.63, 3.8) is 0 Å². The van der Waals surface area contributed by atoms with Crippen molar-refractivity contribution in [3.05, 3.63) is 48.1 Å². The van der Waals surface area contributed by atoms with E-state index >= 15 is 0 Å². The molecule has 13 nitrogen and oxygen atoms in total. The first-order valence-electron chi connectivity index (χ1n) is 11.9. The standard InChI is InChI=1S/C23H26F2N5O8P/c1-11-18(36-22(31)32)15(35-21(11)30-10-29-17-19(26)27-9-28-20(17)30)8-34-39(33)37-14(7-23(2,3)38-39)12-5-4-6-13(24)16(12)25/h4-6,9-11,14-15,18,21H,7-8H2,1-3H3,(H,31,32)(H2,26,27,28)/t11-,14?,15+,18-,21+,39?/m0/s1. The minimum absolute atomic E-state index is 0.0587. The molecular weight excluding hydrogens is 543 g/mol. The molecule has 2 fully saturated rings. The van der Waals surface area contributed by atoms with Crippen molar-refractivity contribution in [3.8, 4) is 0 Å². The van der Waals surface area contributed by atoms with Crippen LogP contribution in [0.1, 0.15) is 45.1 Å². The third-order valence-electron chi connectivity index (χ3n) is 6.56. The molecule has 2 aliphatic heterocycles. The second-order valence-corrected chi connectivity index (χ2v) is 11.4. The molecule has 4 heterocycles. The summed E-state index contributed by atoms with van der Waals surface area (Å²) in [4.78, 5) is 23.8. The maximum atomic E-state index is 14.5. The van der Waals surface area contributed by atoms with Gasteiger partial charge in [-0.3, -0.25) is 18.1 Å². The summed E-state index contributed by atoms with van der Waals surface area (Å²) in [5, 5.41) is 9.33. The number of halogens is 2. The lowest BCUT2D eigenvalue weighted by Crippen LogP contribution is -2.36. The summed E-state index contributed by atoms with van der Waals surface area (Å²) in [5.41, 5.74) is 5.31. The molecule has 0 aliphatic carbocycles. The van der Waals surface area contributed by atoms with Crippen molar-refractivity contribution in [2.45, 2.75) is 57.3 Å². The average Bonchev–Trinajstić information content (AvgIpc) is 3.40. The summed E-state index contributed by atoms with van der Waals surface area (Å²) in [6.45, 7) is 4.42. The Labute approximate surface area is 220 Å². The molecule has 3 N–H and O–H groups in total. The second kappa shape index (κ2) is 10.1. The van der Waals surface area contributed by atoms with Crippen LogP contribution in [-0.4, -0.2) is 55.2 Å². The number of benzene rings is 1. The highest BCUT2D eigenvalue weighted by Crippen LogP contribution is 2.62. The van der Waals surface area contributed by atoms with Crippen molar-refractivity contribution in [1.82, 2.24) is 19.5 Å². The normalized spacial score (nSPS) is 30.4. The van der Waals surface area contributed by atoms with E-state index in [2.05, 4.69) is 15.0 Å². The van der Waals surface area contributed by atoms with Gasteiger partial charge in [0.05, 0.1) is 18.5 Å². The summed E-state index contributed by atoms with van der Waals surface area (Å²) >= 11 is 0. The summed E-state index contributed by atoms with van der Waals surface area (Å²) in [5.74, 6) is -2.64. The van der Waals surface area contributed by atoms with E-state index in [0.717, 1.165) is 6.07 Å². The Bertz CT molecular complexity index is 1460. The van der Waals surface area contributed by atoms with Crippen LogP contribution in [0.3, 0.4) is 0 Å². The van der Waals surface area contributed by atoms with E-state index in [1.807, 2.05) is 0 Å². The number of nitrogens with zero attached hydrogens (tertiary/aromatic N) is 4. The molecule has 6 atom stereocenters. The molecule has 39 heavy (non-hydrogen) atoms. The van der Waals surface area contributed by atoms with Crippen LogP contribution < -0.4 is 5.73 Å². The maximum absolute atomic E-state index is 14.5. The number of phosphoric acid groups is 1. The van der Waals surface area contributed by atoms with Crippen molar-refractivity contribution < 1.29 is 46.3 Å². The van der Waals surface area contributed by atoms with Crippen LogP contribution in [0.4, 0.5) is 19.4 Å². The zero-order valence-electron chi connectivity index (χ0n) is 21.1. The number of phosphoric ester groups is 1. The molecule has 0 spiro atoms. The summed E-state index contributed by atoms with van der Waals surface area (Å²) in [7, 11) is -4.38. The molecule has 2 saturated heterocycles. The Morgan fingerprint density at radius 1 is 1.31 bits per heavy atom. The highest BCUT2D eigenvalue weighted by molar-refractivity contribution is 7.48. The molecule has 1 aromatic carbocycles. The number of aromatic nitrogens is 4. The Morgan fingerprint density at radius 3 is 2.82 bits per heavy atom. The number of nitrogens with two attached hydrogens (primary N) is 1. The predicted octanol–water partition coefficient (Wildman–Crippen LogP) is 4.36. The second-order valence-electron chi connectivity index (χ2n) is 9.89. The molecule has 3 aromatic rings. The first kappa shape index (κ1) is 27.3. The summed E-state index contributed by atoms with van der Waals surface area (Å²) < 4.78 is 71.4. The van der Waals surface area contributed by atoms with Crippen LogP contribution in [0.2, 0.25) is 0 Å². The Kier molecular flexibility index (Phi) is 7.06. The first-order chi connectivity index (χ1) is 18.4. The first-order valence-corrected chi connectivity index (χ1v) is 13.4. The number of fused-ring (bicyclic) bond motifs is 1. The number of nitrogen functional groups attached to an aromatic ring is 1. The van der Waals surface area contributed by atoms with Crippen LogP contribution in [0.25, 0.3) is 11.2 Å². The maximum Gasteiger partial charge on any atom is 0.506 e. The molecule has 0 amide bonds. The molecule has 0 bridgehead atoms. The van der Waals surface area contributed by atoms with Gasteiger partial charge in [-0.1, -0.05) is 19.1 Å². The van der Waals surface area contributed by atoms with Gasteiger partial charge < -0.3 is 20.3 Å². The van der Waals surface area contributed by atoms with Gasteiger partial charge in [-0.05, 0) is 19.9 Å². The summed E-state index contributed by atoms with van der Waals surface area (Å²) in [6.07, 6.45) is -2.90. The molecular formula is C23H26F2N5O8P. The van der Waals surface area contributed by atoms with Crippen LogP contribution in [0.5, 0.6) is 0 Å². The van der Waals surface area contributed by atoms with E-state index < -0.39 is 68.3 Å². The van der Waals surface area contributed by atoms with E-state index in [1.54, 1.807) is 25.3 Å². The van der Waals surface area contributed by atoms with Gasteiger partial charge in [0.2, 0.25) is 0 Å². The highest BCUT2D eigenvalue weighted by atomic mass is 31.2. The van der Waals surface area contributed by atoms with E-state index in [4.69, 9.17) is 28.8 Å². The third-order valence-corrected chi connectivity index (χ3v) is 8.26. The number of carbonyl (C=O) groups is 1. The lowest BCUT2D eigenvalue weighted by molar-refractivity contribution is -0.0815. The minimum Gasteiger partial charge on any atom is -0.450 e. The van der Waals surface area contributed by atoms with Gasteiger partial charge in [0.25, 0.3) is 0 Å². The fraction of sp³-hybridized carbons (Fsp3) is 0.478. The lowest BCUT2D eigenvalue weighted by Gasteiger charge is -2.39. The largest absolute Gasteiger partial charge is 0.506 e. The van der Waals surface area contributed by atoms with E-state index in [1.165, 1.54) is 24.8 Å². The topological polar surface area (TPSA) is 170 Å². The van der Waals surface area contributed by atoms with Crippen molar-refractivity contribution in [2.24, 2.45) is 5.92 Å². The van der Waals surface area contributed by atoms with Gasteiger partial charge in [0, 0.05) is 17.9 Å². The fourth-order valence-corrected chi connectivity index (χ4v) is 6.51. The summed E-state index contributed by atoms with van der Waals surface area (Å²) in [6, 6.07) is 3.59. The van der Waals surface area contributed by atoms with Gasteiger partial charge in [-0.15, -0.1) is 0 Å². The number of hydrogen-bond donors (Lipinski definition) is 2. The Balaban J connectivity index is 1.38. The lowest BCUT2D eigenvalue weighted by atomic mass is 9.96. The number of carboxylic acid groups (broad SMARTS) is 1. The van der Waals surface area contributed by atoms with Crippen molar-refractivity contribution in [1.29, 1.82) is 0 Å². The van der Waals surface area contributed by atoms with E-state index in [0.29, 0.717) is 11.2 Å². The van der Waals surface area contributed by atoms with Crippen LogP contribution >= 0.6 is 7.82 Å². The van der Waals surface area contributed by atoms with Gasteiger partial charge in [0.1, 0.15) is 36.4 Å². The van der Waals surface area contributed by atoms with Gasteiger partial charge in [0.15, 0.2) is 23.1 Å². The van der Waals surface area contributed by atoms with Crippen molar-refractivity contribution >= 4 is 31.0 Å².